The number of alkyl halides is 3. The zero-order valence-electron chi connectivity index (χ0n) is 9.93. The first kappa shape index (κ1) is 14.2. The Morgan fingerprint density at radius 2 is 2.18 bits per heavy atom. The molecule has 1 aliphatic heterocycles. The lowest BCUT2D eigenvalue weighted by atomic mass is 10.0. The van der Waals surface area contributed by atoms with E-state index in [1.165, 1.54) is 0 Å². The minimum atomic E-state index is -4.66. The number of hydrogen-bond acceptors (Lipinski definition) is 4. The molecule has 1 fully saturated rings. The number of carbonyl (C=O) groups is 1. The second-order valence-corrected chi connectivity index (χ2v) is 4.38. The molecule has 17 heavy (non-hydrogen) atoms. The van der Waals surface area contributed by atoms with Gasteiger partial charge in [-0.15, -0.1) is 0 Å². The Bertz CT molecular complexity index is 293. The van der Waals surface area contributed by atoms with Gasteiger partial charge in [-0.2, -0.15) is 13.2 Å². The van der Waals surface area contributed by atoms with Crippen LogP contribution in [0.4, 0.5) is 13.2 Å². The van der Waals surface area contributed by atoms with Crippen LogP contribution in [0.2, 0.25) is 0 Å². The smallest absolute Gasteiger partial charge is 0.431 e. The van der Waals surface area contributed by atoms with E-state index in [4.69, 9.17) is 4.74 Å². The van der Waals surface area contributed by atoms with Gasteiger partial charge in [0.15, 0.2) is 0 Å². The Morgan fingerprint density at radius 1 is 1.59 bits per heavy atom. The monoisotopic (exact) mass is 255 g/mol. The number of hydrogen-bond donors (Lipinski definition) is 1. The van der Waals surface area contributed by atoms with E-state index in [1.807, 2.05) is 0 Å². The summed E-state index contributed by atoms with van der Waals surface area (Å²) in [6.45, 7) is 3.49. The largest absolute Gasteiger partial charge is 0.469 e. The Morgan fingerprint density at radius 3 is 2.53 bits per heavy atom. The Hall–Kier alpha value is -0.820. The van der Waals surface area contributed by atoms with Crippen LogP contribution in [0.15, 0.2) is 0 Å². The summed E-state index contributed by atoms with van der Waals surface area (Å²) in [4.78, 5) is 11.1. The molecule has 7 heteroatoms. The van der Waals surface area contributed by atoms with Crippen LogP contribution in [0.3, 0.4) is 0 Å². The quantitative estimate of drug-likeness (QED) is 0.775. The van der Waals surface area contributed by atoms with E-state index >= 15 is 0 Å². The first-order chi connectivity index (χ1) is 7.72. The lowest BCUT2D eigenvalue weighted by Gasteiger charge is -2.30. The van der Waals surface area contributed by atoms with Gasteiger partial charge in [0.1, 0.15) is 0 Å². The van der Waals surface area contributed by atoms with Gasteiger partial charge >= 0.3 is 12.1 Å². The summed E-state index contributed by atoms with van der Waals surface area (Å²) in [5.41, 5.74) is -2.62. The number of ether oxygens (including phenoxy) is 2. The average molecular weight is 255 g/mol. The fourth-order valence-electron chi connectivity index (χ4n) is 1.62. The highest BCUT2D eigenvalue weighted by Gasteiger charge is 2.61. The molecular weight excluding hydrogens is 239 g/mol. The molecule has 2 atom stereocenters. The summed E-state index contributed by atoms with van der Waals surface area (Å²) in [5.74, 6) is -0.976. The van der Waals surface area contributed by atoms with Crippen LogP contribution in [-0.4, -0.2) is 37.6 Å². The third-order valence-electron chi connectivity index (χ3n) is 2.81. The van der Waals surface area contributed by atoms with Crippen molar-refractivity contribution < 1.29 is 27.4 Å². The molecule has 0 saturated carbocycles. The highest BCUT2D eigenvalue weighted by atomic mass is 19.4. The number of carbonyl (C=O) groups excluding carboxylic acids is 1. The van der Waals surface area contributed by atoms with Gasteiger partial charge in [0, 0.05) is 6.04 Å². The molecule has 1 N–H and O–H groups in total. The van der Waals surface area contributed by atoms with Crippen molar-refractivity contribution in [3.63, 3.8) is 0 Å². The maximum absolute atomic E-state index is 13.0. The Labute approximate surface area is 97.5 Å². The molecule has 1 aliphatic rings. The second-order valence-electron chi connectivity index (χ2n) is 4.38. The molecular formula is C10H16F3NO3. The maximum Gasteiger partial charge on any atom is 0.431 e. The van der Waals surface area contributed by atoms with E-state index in [0.717, 1.165) is 7.11 Å². The first-order valence-corrected chi connectivity index (χ1v) is 5.27. The first-order valence-electron chi connectivity index (χ1n) is 5.27. The van der Waals surface area contributed by atoms with E-state index in [2.05, 4.69) is 10.1 Å². The van der Waals surface area contributed by atoms with Gasteiger partial charge in [0.05, 0.1) is 20.1 Å². The third-order valence-corrected chi connectivity index (χ3v) is 2.81. The summed E-state index contributed by atoms with van der Waals surface area (Å²) in [5, 5.41) is 2.36. The fraction of sp³-hybridized carbons (Fsp3) is 0.900. The van der Waals surface area contributed by atoms with Crippen molar-refractivity contribution in [2.45, 2.75) is 38.2 Å². The van der Waals surface area contributed by atoms with E-state index in [-0.39, 0.29) is 12.5 Å². The third kappa shape index (κ3) is 2.90. The number of nitrogens with one attached hydrogen (secondary N) is 1. The SMILES string of the molecule is COC(=O)C[C@@]1(C(F)(F)F)N[C@@H](C(C)C)CO1. The number of halogens is 3. The summed E-state index contributed by atoms with van der Waals surface area (Å²) in [6, 6.07) is -0.429. The van der Waals surface area contributed by atoms with Gasteiger partial charge in [0.2, 0.25) is 5.72 Å². The Kier molecular flexibility index (Phi) is 4.03. The molecule has 0 bridgehead atoms. The minimum Gasteiger partial charge on any atom is -0.469 e. The van der Waals surface area contributed by atoms with E-state index < -0.39 is 30.3 Å². The zero-order chi connectivity index (χ0) is 13.3. The van der Waals surface area contributed by atoms with Crippen LogP contribution in [0.5, 0.6) is 0 Å². The highest BCUT2D eigenvalue weighted by molar-refractivity contribution is 5.70. The minimum absolute atomic E-state index is 0.0168. The molecule has 0 aromatic rings. The fourth-order valence-corrected chi connectivity index (χ4v) is 1.62. The van der Waals surface area contributed by atoms with Crippen molar-refractivity contribution in [2.75, 3.05) is 13.7 Å². The van der Waals surface area contributed by atoms with Crippen LogP contribution in [-0.2, 0) is 14.3 Å². The standard InChI is InChI=1S/C10H16F3NO3/c1-6(2)7-5-17-9(14-7,10(11,12)13)4-8(15)16-3/h6-7,14H,4-5H2,1-3H3/t7-,9-/m1/s1. The van der Waals surface area contributed by atoms with Gasteiger partial charge in [-0.05, 0) is 5.92 Å². The second kappa shape index (κ2) is 4.81. The highest BCUT2D eigenvalue weighted by Crippen LogP contribution is 2.38. The van der Waals surface area contributed by atoms with Crippen molar-refractivity contribution in [1.29, 1.82) is 0 Å². The molecule has 0 aliphatic carbocycles. The summed E-state index contributed by atoms with van der Waals surface area (Å²) in [7, 11) is 1.04. The predicted molar refractivity (Wildman–Crippen MR) is 53.1 cm³/mol. The van der Waals surface area contributed by atoms with E-state index in [9.17, 15) is 18.0 Å². The molecule has 1 heterocycles. The zero-order valence-corrected chi connectivity index (χ0v) is 9.93. The van der Waals surface area contributed by atoms with Crippen LogP contribution in [0, 0.1) is 5.92 Å². The number of esters is 1. The van der Waals surface area contributed by atoms with Gasteiger partial charge in [-0.3, -0.25) is 10.1 Å². The molecule has 1 rings (SSSR count). The van der Waals surface area contributed by atoms with Crippen LogP contribution >= 0.6 is 0 Å². The summed E-state index contributed by atoms with van der Waals surface area (Å²) < 4.78 is 47.9. The predicted octanol–water partition coefficient (Wildman–Crippen LogP) is 1.45. The number of rotatable bonds is 3. The van der Waals surface area contributed by atoms with E-state index in [1.54, 1.807) is 13.8 Å². The topological polar surface area (TPSA) is 47.6 Å². The summed E-state index contributed by atoms with van der Waals surface area (Å²) in [6.07, 6.45) is -5.54. The lowest BCUT2D eigenvalue weighted by molar-refractivity contribution is -0.273. The lowest BCUT2D eigenvalue weighted by Crippen LogP contribution is -2.57. The van der Waals surface area contributed by atoms with Crippen molar-refractivity contribution in [1.82, 2.24) is 5.32 Å². The van der Waals surface area contributed by atoms with Gasteiger partial charge in [-0.25, -0.2) is 0 Å². The molecule has 0 unspecified atom stereocenters. The van der Waals surface area contributed by atoms with Crippen molar-refractivity contribution >= 4 is 5.97 Å². The molecule has 0 radical (unpaired) electrons. The molecule has 0 aromatic heterocycles. The van der Waals surface area contributed by atoms with Crippen molar-refractivity contribution in [3.05, 3.63) is 0 Å². The van der Waals surface area contributed by atoms with Gasteiger partial charge < -0.3 is 9.47 Å². The summed E-state index contributed by atoms with van der Waals surface area (Å²) >= 11 is 0. The van der Waals surface area contributed by atoms with Gasteiger partial charge in [0.25, 0.3) is 0 Å². The van der Waals surface area contributed by atoms with Crippen molar-refractivity contribution in [3.8, 4) is 0 Å². The normalized spacial score (nSPS) is 29.7. The van der Waals surface area contributed by atoms with Crippen LogP contribution in [0.25, 0.3) is 0 Å². The molecule has 0 aromatic carbocycles. The van der Waals surface area contributed by atoms with Crippen LogP contribution < -0.4 is 5.32 Å². The van der Waals surface area contributed by atoms with Crippen LogP contribution in [0.1, 0.15) is 20.3 Å². The molecule has 100 valence electrons. The van der Waals surface area contributed by atoms with Gasteiger partial charge in [-0.1, -0.05) is 13.8 Å². The molecule has 4 nitrogen and oxygen atoms in total. The Balaban J connectivity index is 2.87. The number of methoxy groups -OCH3 is 1. The van der Waals surface area contributed by atoms with Crippen molar-refractivity contribution in [2.24, 2.45) is 5.92 Å². The average Bonchev–Trinajstić information content (AvgIpc) is 2.62. The molecule has 0 spiro atoms. The molecule has 0 amide bonds. The maximum atomic E-state index is 13.0. The van der Waals surface area contributed by atoms with E-state index in [0.29, 0.717) is 0 Å². The molecule has 1 saturated heterocycles.